The van der Waals surface area contributed by atoms with Crippen molar-refractivity contribution in [3.05, 3.63) is 79.5 Å². The van der Waals surface area contributed by atoms with Crippen LogP contribution in [0.1, 0.15) is 16.7 Å². The van der Waals surface area contributed by atoms with Gasteiger partial charge in [-0.05, 0) is 43.3 Å². The van der Waals surface area contributed by atoms with E-state index in [9.17, 15) is 4.79 Å². The van der Waals surface area contributed by atoms with E-state index in [-0.39, 0.29) is 5.56 Å². The lowest BCUT2D eigenvalue weighted by Crippen LogP contribution is -2.09. The molecule has 0 spiro atoms. The first kappa shape index (κ1) is 18.2. The van der Waals surface area contributed by atoms with Crippen LogP contribution in [0.25, 0.3) is 16.0 Å². The summed E-state index contributed by atoms with van der Waals surface area (Å²) in [7, 11) is 0. The summed E-state index contributed by atoms with van der Waals surface area (Å²) in [5.41, 5.74) is 4.94. The van der Waals surface area contributed by atoms with E-state index in [1.807, 2.05) is 41.8 Å². The van der Waals surface area contributed by atoms with E-state index in [1.165, 1.54) is 34.2 Å². The van der Waals surface area contributed by atoms with E-state index in [4.69, 9.17) is 17.2 Å². The van der Waals surface area contributed by atoms with Crippen LogP contribution in [0.15, 0.2) is 58.5 Å². The number of rotatable bonds is 4. The summed E-state index contributed by atoms with van der Waals surface area (Å²) in [5, 5.41) is 0.601. The van der Waals surface area contributed by atoms with Gasteiger partial charge in [0.05, 0.1) is 5.69 Å². The molecule has 136 valence electrons. The minimum Gasteiger partial charge on any atom is -0.300 e. The van der Waals surface area contributed by atoms with Crippen LogP contribution in [0.4, 0.5) is 0 Å². The van der Waals surface area contributed by atoms with Gasteiger partial charge in [-0.15, -0.1) is 0 Å². The Bertz CT molecular complexity index is 1250. The quantitative estimate of drug-likeness (QED) is 0.277. The molecule has 4 aromatic rings. The van der Waals surface area contributed by atoms with Gasteiger partial charge in [-0.2, -0.15) is 0 Å². The minimum absolute atomic E-state index is 0.143. The maximum Gasteiger partial charge on any atom is 0.271 e. The van der Waals surface area contributed by atoms with Crippen molar-refractivity contribution in [2.45, 2.75) is 24.8 Å². The maximum atomic E-state index is 12.6. The van der Waals surface area contributed by atoms with Gasteiger partial charge in [0.25, 0.3) is 5.56 Å². The molecule has 0 atom stereocenters. The number of H-pyrrole nitrogens is 1. The first-order valence-electron chi connectivity index (χ1n) is 8.43. The summed E-state index contributed by atoms with van der Waals surface area (Å²) >= 11 is 8.35. The van der Waals surface area contributed by atoms with E-state index >= 15 is 0 Å². The van der Waals surface area contributed by atoms with Crippen molar-refractivity contribution in [2.24, 2.45) is 0 Å². The number of nitrogens with one attached hydrogen (secondary N) is 1. The zero-order chi connectivity index (χ0) is 19.0. The van der Waals surface area contributed by atoms with E-state index < -0.39 is 0 Å². The van der Waals surface area contributed by atoms with Crippen molar-refractivity contribution in [2.75, 3.05) is 0 Å². The van der Waals surface area contributed by atoms with Gasteiger partial charge in [0, 0.05) is 5.75 Å². The van der Waals surface area contributed by atoms with E-state index in [1.54, 1.807) is 0 Å². The fourth-order valence-electron chi connectivity index (χ4n) is 2.94. The molecule has 0 unspecified atom stereocenters. The van der Waals surface area contributed by atoms with Crippen LogP contribution in [0, 0.1) is 17.8 Å². The van der Waals surface area contributed by atoms with Crippen LogP contribution in [0.2, 0.25) is 0 Å². The lowest BCUT2D eigenvalue weighted by molar-refractivity contribution is 0.941. The van der Waals surface area contributed by atoms with E-state index in [2.05, 4.69) is 30.1 Å². The molecule has 0 radical (unpaired) electrons. The summed E-state index contributed by atoms with van der Waals surface area (Å²) in [5.74, 6) is 0.741. The Labute approximate surface area is 169 Å². The average Bonchev–Trinajstić information content (AvgIpc) is 2.97. The highest BCUT2D eigenvalue weighted by Gasteiger charge is 2.15. The van der Waals surface area contributed by atoms with Gasteiger partial charge in [-0.3, -0.25) is 9.36 Å². The Balaban J connectivity index is 1.78. The number of thioether (sulfide) groups is 1. The molecule has 7 heteroatoms. The van der Waals surface area contributed by atoms with Gasteiger partial charge < -0.3 is 4.98 Å². The highest BCUT2D eigenvalue weighted by Crippen LogP contribution is 2.27. The predicted molar refractivity (Wildman–Crippen MR) is 116 cm³/mol. The standard InChI is InChI=1S/C20H17N3OS3/c1-12-6-5-8-14(10-12)11-26-19-21-17-16(18(24)22-19)27-20(25)23(17)15-9-4-3-7-13(15)2/h3-10H,11H2,1-2H3,(H,21,22,24). The van der Waals surface area contributed by atoms with Gasteiger partial charge in [-0.1, -0.05) is 71.1 Å². The minimum atomic E-state index is -0.143. The number of para-hydroxylation sites is 1. The Kier molecular flexibility index (Phi) is 4.99. The highest BCUT2D eigenvalue weighted by atomic mass is 32.2. The molecule has 1 N–H and O–H groups in total. The van der Waals surface area contributed by atoms with Crippen molar-refractivity contribution in [1.29, 1.82) is 0 Å². The van der Waals surface area contributed by atoms with Crippen LogP contribution >= 0.6 is 35.3 Å². The Hall–Kier alpha value is -2.22. The normalized spacial score (nSPS) is 11.2. The molecular formula is C20H17N3OS3. The number of aromatic nitrogens is 3. The summed E-state index contributed by atoms with van der Waals surface area (Å²) in [4.78, 5) is 20.2. The van der Waals surface area contributed by atoms with Crippen molar-refractivity contribution in [3.8, 4) is 5.69 Å². The lowest BCUT2D eigenvalue weighted by atomic mass is 10.2. The number of nitrogens with zero attached hydrogens (tertiary/aromatic N) is 2. The zero-order valence-electron chi connectivity index (χ0n) is 14.9. The number of benzene rings is 2. The smallest absolute Gasteiger partial charge is 0.271 e. The third kappa shape index (κ3) is 3.63. The Morgan fingerprint density at radius 1 is 1.19 bits per heavy atom. The molecule has 2 aromatic heterocycles. The topological polar surface area (TPSA) is 50.7 Å². The number of aryl methyl sites for hydroxylation is 2. The SMILES string of the molecule is Cc1cccc(CSc2nc3c(sc(=S)n3-c3ccccc3C)c(=O)[nH]2)c1. The molecule has 0 fully saturated rings. The number of aromatic amines is 1. The van der Waals surface area contributed by atoms with Gasteiger partial charge in [0.1, 0.15) is 4.70 Å². The molecule has 0 saturated carbocycles. The summed E-state index contributed by atoms with van der Waals surface area (Å²) in [6.07, 6.45) is 0. The molecule has 0 aliphatic carbocycles. The molecule has 0 bridgehead atoms. The molecule has 4 nitrogen and oxygen atoms in total. The van der Waals surface area contributed by atoms with Gasteiger partial charge in [0.15, 0.2) is 14.8 Å². The molecule has 2 heterocycles. The van der Waals surface area contributed by atoms with Gasteiger partial charge in [0.2, 0.25) is 0 Å². The molecule has 0 amide bonds. The predicted octanol–water partition coefficient (Wildman–Crippen LogP) is 5.41. The number of hydrogen-bond acceptors (Lipinski definition) is 5. The van der Waals surface area contributed by atoms with Crippen LogP contribution < -0.4 is 5.56 Å². The summed E-state index contributed by atoms with van der Waals surface area (Å²) < 4.78 is 3.08. The molecule has 27 heavy (non-hydrogen) atoms. The van der Waals surface area contributed by atoms with E-state index in [0.717, 1.165) is 17.0 Å². The average molecular weight is 412 g/mol. The van der Waals surface area contributed by atoms with Gasteiger partial charge in [-0.25, -0.2) is 4.98 Å². The molecule has 0 aliphatic rings. The van der Waals surface area contributed by atoms with Crippen LogP contribution in [-0.4, -0.2) is 14.5 Å². The van der Waals surface area contributed by atoms with Gasteiger partial charge >= 0.3 is 0 Å². The first-order valence-corrected chi connectivity index (χ1v) is 10.6. The van der Waals surface area contributed by atoms with Crippen LogP contribution in [0.5, 0.6) is 0 Å². The second-order valence-corrected chi connectivity index (χ2v) is 8.90. The van der Waals surface area contributed by atoms with Crippen molar-refractivity contribution in [1.82, 2.24) is 14.5 Å². The van der Waals surface area contributed by atoms with Crippen molar-refractivity contribution >= 4 is 45.7 Å². The second-order valence-electron chi connectivity index (χ2n) is 6.29. The summed E-state index contributed by atoms with van der Waals surface area (Å²) in [6.45, 7) is 4.10. The molecule has 4 rings (SSSR count). The summed E-state index contributed by atoms with van der Waals surface area (Å²) in [6, 6.07) is 16.3. The molecular weight excluding hydrogens is 394 g/mol. The second kappa shape index (κ2) is 7.42. The Morgan fingerprint density at radius 3 is 2.78 bits per heavy atom. The zero-order valence-corrected chi connectivity index (χ0v) is 17.3. The maximum absolute atomic E-state index is 12.6. The number of fused-ring (bicyclic) bond motifs is 1. The highest BCUT2D eigenvalue weighted by molar-refractivity contribution is 7.98. The van der Waals surface area contributed by atoms with E-state index in [0.29, 0.717) is 19.5 Å². The van der Waals surface area contributed by atoms with Crippen LogP contribution in [0.3, 0.4) is 0 Å². The third-order valence-corrected chi connectivity index (χ3v) is 6.54. The van der Waals surface area contributed by atoms with Crippen molar-refractivity contribution < 1.29 is 0 Å². The largest absolute Gasteiger partial charge is 0.300 e. The Morgan fingerprint density at radius 2 is 2.00 bits per heavy atom. The molecule has 0 aliphatic heterocycles. The fourth-order valence-corrected chi connectivity index (χ4v) is 5.00. The number of hydrogen-bond donors (Lipinski definition) is 1. The fraction of sp³-hybridized carbons (Fsp3) is 0.150. The monoisotopic (exact) mass is 411 g/mol. The van der Waals surface area contributed by atoms with Crippen LogP contribution in [-0.2, 0) is 5.75 Å². The third-order valence-electron chi connectivity index (χ3n) is 4.24. The number of thiazole rings is 1. The molecule has 2 aromatic carbocycles. The molecule has 0 saturated heterocycles. The lowest BCUT2D eigenvalue weighted by Gasteiger charge is -2.08. The van der Waals surface area contributed by atoms with Crippen molar-refractivity contribution in [3.63, 3.8) is 0 Å². The first-order chi connectivity index (χ1) is 13.0.